The maximum Gasteiger partial charge on any atom is 0.404 e. The number of β-lactam (4-membered cyclic amide) rings is 1. The van der Waals surface area contributed by atoms with E-state index in [0.29, 0.717) is 11.3 Å². The topological polar surface area (TPSA) is 125 Å². The SMILES string of the molecule is NC(=O)OCC1=C(C(=O)OC(c2ccccc2)c2ccccc2)N2C(=O)C(N)[C@H]2SC1. The van der Waals surface area contributed by atoms with Crippen LogP contribution < -0.4 is 11.5 Å². The van der Waals surface area contributed by atoms with Gasteiger partial charge in [0.25, 0.3) is 0 Å². The standard InChI is InChI=1S/C22H21N3O5S/c23-16-19(26)25-17(15(11-29-22(24)28)12-31-20(16)25)21(27)30-18(13-7-3-1-4-8-13)14-9-5-2-6-10-14/h1-10,16,18,20H,11-12,23H2,(H2,24,28)/t16?,20-/m1/s1. The van der Waals surface area contributed by atoms with E-state index in [1.165, 1.54) is 16.7 Å². The molecule has 9 heteroatoms. The summed E-state index contributed by atoms with van der Waals surface area (Å²) in [7, 11) is 0. The van der Waals surface area contributed by atoms with Crippen molar-refractivity contribution in [3.8, 4) is 0 Å². The normalized spacial score (nSPS) is 20.2. The van der Waals surface area contributed by atoms with Crippen LogP contribution in [0, 0.1) is 0 Å². The fourth-order valence-corrected chi connectivity index (χ4v) is 4.86. The van der Waals surface area contributed by atoms with Crippen LogP contribution >= 0.6 is 11.8 Å². The molecule has 2 atom stereocenters. The summed E-state index contributed by atoms with van der Waals surface area (Å²) in [6.45, 7) is -0.208. The third-order valence-electron chi connectivity index (χ3n) is 5.10. The lowest BCUT2D eigenvalue weighted by atomic mass is 10.0. The van der Waals surface area contributed by atoms with E-state index in [4.69, 9.17) is 20.9 Å². The number of esters is 1. The lowest BCUT2D eigenvalue weighted by Gasteiger charge is -2.48. The molecule has 8 nitrogen and oxygen atoms in total. The second-order valence-electron chi connectivity index (χ2n) is 7.10. The molecule has 1 unspecified atom stereocenters. The molecule has 160 valence electrons. The van der Waals surface area contributed by atoms with Gasteiger partial charge >= 0.3 is 12.1 Å². The van der Waals surface area contributed by atoms with Gasteiger partial charge in [-0.25, -0.2) is 9.59 Å². The summed E-state index contributed by atoms with van der Waals surface area (Å²) in [4.78, 5) is 38.2. The van der Waals surface area contributed by atoms with Gasteiger partial charge in [-0.15, -0.1) is 11.8 Å². The molecule has 0 bridgehead atoms. The van der Waals surface area contributed by atoms with Crippen LogP contribution in [0.15, 0.2) is 71.9 Å². The molecule has 1 saturated heterocycles. The highest BCUT2D eigenvalue weighted by Crippen LogP contribution is 2.40. The molecule has 2 aliphatic heterocycles. The molecule has 4 rings (SSSR count). The quantitative estimate of drug-likeness (QED) is 0.520. The monoisotopic (exact) mass is 439 g/mol. The molecule has 0 saturated carbocycles. The summed E-state index contributed by atoms with van der Waals surface area (Å²) < 4.78 is 10.8. The number of benzene rings is 2. The molecule has 2 amide bonds. The Bertz CT molecular complexity index is 988. The predicted molar refractivity (Wildman–Crippen MR) is 114 cm³/mol. The first kappa shape index (κ1) is 21.0. The number of fused-ring (bicyclic) bond motifs is 1. The summed E-state index contributed by atoms with van der Waals surface area (Å²) in [5.74, 6) is -0.704. The van der Waals surface area contributed by atoms with E-state index in [1.807, 2.05) is 60.7 Å². The van der Waals surface area contributed by atoms with Crippen molar-refractivity contribution < 1.29 is 23.9 Å². The summed E-state index contributed by atoms with van der Waals surface area (Å²) in [5.41, 5.74) is 13.1. The van der Waals surface area contributed by atoms with Crippen molar-refractivity contribution in [2.24, 2.45) is 11.5 Å². The van der Waals surface area contributed by atoms with Gasteiger partial charge in [-0.05, 0) is 11.1 Å². The number of thioether (sulfide) groups is 1. The summed E-state index contributed by atoms with van der Waals surface area (Å²) in [5, 5.41) is -0.362. The highest BCUT2D eigenvalue weighted by molar-refractivity contribution is 8.00. The first-order valence-corrected chi connectivity index (χ1v) is 10.7. The van der Waals surface area contributed by atoms with E-state index in [9.17, 15) is 14.4 Å². The van der Waals surface area contributed by atoms with Crippen molar-refractivity contribution in [1.29, 1.82) is 0 Å². The van der Waals surface area contributed by atoms with E-state index in [2.05, 4.69) is 0 Å². The molecule has 0 spiro atoms. The minimum atomic E-state index is -0.967. The molecule has 0 aliphatic carbocycles. The average molecular weight is 439 g/mol. The highest BCUT2D eigenvalue weighted by atomic mass is 32.2. The predicted octanol–water partition coefficient (Wildman–Crippen LogP) is 1.91. The van der Waals surface area contributed by atoms with Gasteiger partial charge in [0.2, 0.25) is 5.91 Å². The van der Waals surface area contributed by atoms with E-state index in [-0.39, 0.29) is 23.6 Å². The molecule has 2 heterocycles. The summed E-state index contributed by atoms with van der Waals surface area (Å²) in [6, 6.07) is 17.9. The Morgan fingerprint density at radius 1 is 1.06 bits per heavy atom. The Hall–Kier alpha value is -3.30. The molecule has 4 N–H and O–H groups in total. The maximum atomic E-state index is 13.4. The summed E-state index contributed by atoms with van der Waals surface area (Å²) >= 11 is 1.40. The number of carbonyl (C=O) groups is 3. The number of nitrogens with two attached hydrogens (primary N) is 2. The zero-order valence-electron chi connectivity index (χ0n) is 16.5. The van der Waals surface area contributed by atoms with Crippen molar-refractivity contribution in [2.75, 3.05) is 12.4 Å². The van der Waals surface area contributed by atoms with Crippen molar-refractivity contribution in [3.63, 3.8) is 0 Å². The number of ether oxygens (including phenoxy) is 2. The number of rotatable bonds is 6. The van der Waals surface area contributed by atoms with Crippen LogP contribution in [-0.2, 0) is 19.1 Å². The van der Waals surface area contributed by atoms with Crippen LogP contribution in [0.3, 0.4) is 0 Å². The second-order valence-corrected chi connectivity index (χ2v) is 8.21. The van der Waals surface area contributed by atoms with Crippen molar-refractivity contribution >= 4 is 29.7 Å². The van der Waals surface area contributed by atoms with Crippen molar-refractivity contribution in [2.45, 2.75) is 17.5 Å². The van der Waals surface area contributed by atoms with Gasteiger partial charge < -0.3 is 20.9 Å². The van der Waals surface area contributed by atoms with Crippen molar-refractivity contribution in [1.82, 2.24) is 4.90 Å². The van der Waals surface area contributed by atoms with E-state index < -0.39 is 24.2 Å². The van der Waals surface area contributed by atoms with Gasteiger partial charge in [-0.1, -0.05) is 60.7 Å². The zero-order chi connectivity index (χ0) is 22.0. The maximum absolute atomic E-state index is 13.4. The molecular formula is C22H21N3O5S. The van der Waals surface area contributed by atoms with Crippen LogP contribution in [0.1, 0.15) is 17.2 Å². The molecule has 2 aliphatic rings. The molecule has 2 aromatic rings. The van der Waals surface area contributed by atoms with E-state index in [0.717, 1.165) is 11.1 Å². The third kappa shape index (κ3) is 4.14. The zero-order valence-corrected chi connectivity index (χ0v) is 17.3. The van der Waals surface area contributed by atoms with E-state index in [1.54, 1.807) is 0 Å². The lowest BCUT2D eigenvalue weighted by molar-refractivity contribution is -0.153. The molecular weight excluding hydrogens is 418 g/mol. The smallest absolute Gasteiger partial charge is 0.404 e. The van der Waals surface area contributed by atoms with Gasteiger partial charge in [-0.3, -0.25) is 9.69 Å². The van der Waals surface area contributed by atoms with E-state index >= 15 is 0 Å². The Kier molecular flexibility index (Phi) is 5.97. The Labute approximate surface area is 183 Å². The van der Waals surface area contributed by atoms with Crippen molar-refractivity contribution in [3.05, 3.63) is 83.1 Å². The van der Waals surface area contributed by atoms with Gasteiger partial charge in [0.1, 0.15) is 23.7 Å². The number of hydrogen-bond acceptors (Lipinski definition) is 7. The average Bonchev–Trinajstić information content (AvgIpc) is 2.80. The largest absolute Gasteiger partial charge is 0.448 e. The molecule has 0 aromatic heterocycles. The molecule has 0 radical (unpaired) electrons. The third-order valence-corrected chi connectivity index (χ3v) is 6.46. The number of carbonyl (C=O) groups excluding carboxylic acids is 3. The first-order valence-electron chi connectivity index (χ1n) is 9.62. The second kappa shape index (κ2) is 8.83. The Morgan fingerprint density at radius 3 is 2.19 bits per heavy atom. The number of nitrogens with zero attached hydrogens (tertiary/aromatic N) is 1. The molecule has 2 aromatic carbocycles. The molecule has 1 fully saturated rings. The van der Waals surface area contributed by atoms with Gasteiger partial charge in [0.05, 0.1) is 0 Å². The van der Waals surface area contributed by atoms with Crippen LogP contribution in [-0.4, -0.2) is 46.6 Å². The summed E-state index contributed by atoms with van der Waals surface area (Å²) in [6.07, 6.45) is -1.65. The Morgan fingerprint density at radius 2 is 1.65 bits per heavy atom. The van der Waals surface area contributed by atoms with Crippen LogP contribution in [0.2, 0.25) is 0 Å². The van der Waals surface area contributed by atoms with Crippen LogP contribution in [0.5, 0.6) is 0 Å². The van der Waals surface area contributed by atoms with Crippen LogP contribution in [0.4, 0.5) is 4.79 Å². The first-order chi connectivity index (χ1) is 15.0. The fraction of sp³-hybridized carbons (Fsp3) is 0.227. The lowest BCUT2D eigenvalue weighted by Crippen LogP contribution is -2.68. The minimum Gasteiger partial charge on any atom is -0.448 e. The highest BCUT2D eigenvalue weighted by Gasteiger charge is 2.52. The Balaban J connectivity index is 1.68. The molecule has 31 heavy (non-hydrogen) atoms. The number of hydrogen-bond donors (Lipinski definition) is 2. The van der Waals surface area contributed by atoms with Gasteiger partial charge in [0.15, 0.2) is 6.10 Å². The number of primary amides is 1. The number of amides is 2. The van der Waals surface area contributed by atoms with Gasteiger partial charge in [-0.2, -0.15) is 0 Å². The minimum absolute atomic E-state index is 0.0635. The van der Waals surface area contributed by atoms with Crippen LogP contribution in [0.25, 0.3) is 0 Å². The van der Waals surface area contributed by atoms with Gasteiger partial charge in [0, 0.05) is 11.3 Å². The fourth-order valence-electron chi connectivity index (χ4n) is 3.58.